The quantitative estimate of drug-likeness (QED) is 0.478. The lowest BCUT2D eigenvalue weighted by molar-refractivity contribution is -0.113. The highest BCUT2D eigenvalue weighted by atomic mass is 19.3. The van der Waals surface area contributed by atoms with Crippen LogP contribution in [0.3, 0.4) is 0 Å². The number of aromatic nitrogens is 4. The molecule has 4 heterocycles. The van der Waals surface area contributed by atoms with Crippen LogP contribution in [-0.4, -0.2) is 56.3 Å². The van der Waals surface area contributed by atoms with Gasteiger partial charge in [-0.2, -0.15) is 0 Å². The summed E-state index contributed by atoms with van der Waals surface area (Å²) in [4.78, 5) is 14.7. The van der Waals surface area contributed by atoms with Gasteiger partial charge in [-0.1, -0.05) is 18.2 Å². The first-order valence-corrected chi connectivity index (χ1v) is 11.4. The van der Waals surface area contributed by atoms with Gasteiger partial charge in [0.05, 0.1) is 30.2 Å². The minimum atomic E-state index is -3.20. The number of hydrogen-bond donors (Lipinski definition) is 1. The summed E-state index contributed by atoms with van der Waals surface area (Å²) in [5, 5.41) is 9.50. The Bertz CT molecular complexity index is 1390. The number of aliphatic hydroxyl groups is 1. The number of aliphatic hydroxyl groups excluding tert-OH is 1. The van der Waals surface area contributed by atoms with Crippen molar-refractivity contribution in [2.24, 2.45) is 0 Å². The Morgan fingerprint density at radius 2 is 1.89 bits per heavy atom. The van der Waals surface area contributed by atoms with Crippen LogP contribution in [0.25, 0.3) is 22.2 Å². The summed E-state index contributed by atoms with van der Waals surface area (Å²) in [6.45, 7) is 0.403. The molecule has 2 atom stereocenters. The highest BCUT2D eigenvalue weighted by Crippen LogP contribution is 2.33. The van der Waals surface area contributed by atoms with Crippen LogP contribution in [0.5, 0.6) is 0 Å². The summed E-state index contributed by atoms with van der Waals surface area (Å²) < 4.78 is 49.6. The molecule has 4 aromatic rings. The molecule has 0 amide bonds. The molecule has 0 spiro atoms. The Morgan fingerprint density at radius 1 is 1.06 bits per heavy atom. The molecule has 1 saturated heterocycles. The van der Waals surface area contributed by atoms with Gasteiger partial charge in [0.25, 0.3) is 5.92 Å². The van der Waals surface area contributed by atoms with Crippen molar-refractivity contribution in [1.82, 2.24) is 19.5 Å². The lowest BCUT2D eigenvalue weighted by Crippen LogP contribution is -2.52. The second-order valence-electron chi connectivity index (χ2n) is 8.95. The average molecular weight is 481 g/mol. The molecule has 0 aliphatic carbocycles. The third kappa shape index (κ3) is 3.92. The fourth-order valence-electron chi connectivity index (χ4n) is 4.80. The molecule has 10 heteroatoms. The normalized spacial score (nSPS) is 21.8. The van der Waals surface area contributed by atoms with Crippen LogP contribution in [0.4, 0.5) is 19.1 Å². The second-order valence-corrected chi connectivity index (χ2v) is 8.95. The van der Waals surface area contributed by atoms with Crippen molar-refractivity contribution in [2.75, 3.05) is 24.6 Å². The van der Waals surface area contributed by atoms with Crippen molar-refractivity contribution >= 4 is 17.0 Å². The van der Waals surface area contributed by atoms with Gasteiger partial charge in [-0.15, -0.1) is 0 Å². The third-order valence-electron chi connectivity index (χ3n) is 6.63. The van der Waals surface area contributed by atoms with Crippen LogP contribution >= 0.6 is 0 Å². The van der Waals surface area contributed by atoms with Gasteiger partial charge in [0.1, 0.15) is 24.4 Å². The molecule has 180 valence electrons. The van der Waals surface area contributed by atoms with Gasteiger partial charge in [0, 0.05) is 24.5 Å². The topological polar surface area (TPSA) is 76.3 Å². The van der Waals surface area contributed by atoms with E-state index in [1.165, 1.54) is 17.0 Å². The van der Waals surface area contributed by atoms with E-state index in [2.05, 4.69) is 14.5 Å². The zero-order valence-corrected chi connectivity index (χ0v) is 18.6. The van der Waals surface area contributed by atoms with E-state index in [1.807, 2.05) is 24.3 Å². The van der Waals surface area contributed by atoms with Gasteiger partial charge in [-0.25, -0.2) is 28.1 Å². The molecule has 35 heavy (non-hydrogen) atoms. The summed E-state index contributed by atoms with van der Waals surface area (Å²) in [5.74, 6) is -2.55. The molecule has 1 fully saturated rings. The van der Waals surface area contributed by atoms with Crippen LogP contribution in [0.15, 0.2) is 54.9 Å². The van der Waals surface area contributed by atoms with E-state index in [4.69, 9.17) is 9.72 Å². The van der Waals surface area contributed by atoms with E-state index in [-0.39, 0.29) is 30.8 Å². The van der Waals surface area contributed by atoms with Crippen LogP contribution < -0.4 is 4.90 Å². The number of halogens is 3. The van der Waals surface area contributed by atoms with E-state index in [9.17, 15) is 18.3 Å². The summed E-state index contributed by atoms with van der Waals surface area (Å²) in [7, 11) is 0. The largest absolute Gasteiger partial charge is 0.387 e. The molecule has 2 aliphatic rings. The van der Waals surface area contributed by atoms with Crippen molar-refractivity contribution in [3.63, 3.8) is 0 Å². The second kappa shape index (κ2) is 8.31. The average Bonchev–Trinajstić information content (AvgIpc) is 3.24. The number of anilines is 1. The number of fused-ring (bicyclic) bond motifs is 3. The Morgan fingerprint density at radius 3 is 2.66 bits per heavy atom. The molecule has 0 radical (unpaired) electrons. The zero-order valence-electron chi connectivity index (χ0n) is 18.6. The van der Waals surface area contributed by atoms with Crippen molar-refractivity contribution in [2.45, 2.75) is 31.1 Å². The fourth-order valence-corrected chi connectivity index (χ4v) is 4.80. The van der Waals surface area contributed by atoms with Crippen LogP contribution in [0.2, 0.25) is 0 Å². The lowest BCUT2D eigenvalue weighted by atomic mass is 10.0. The monoisotopic (exact) mass is 481 g/mol. The molecule has 2 aromatic carbocycles. The predicted octanol–water partition coefficient (Wildman–Crippen LogP) is 3.96. The highest BCUT2D eigenvalue weighted by Gasteiger charge is 2.44. The fraction of sp³-hybridized carbons (Fsp3) is 0.320. The number of piperidine rings is 1. The van der Waals surface area contributed by atoms with Crippen molar-refractivity contribution in [3.05, 3.63) is 72.1 Å². The molecule has 0 saturated carbocycles. The van der Waals surface area contributed by atoms with Gasteiger partial charge in [0.2, 0.25) is 5.95 Å². The number of hydrogen-bond acceptors (Lipinski definition) is 6. The minimum absolute atomic E-state index is 0.0443. The maximum atomic E-state index is 13.9. The molecule has 2 aliphatic heterocycles. The summed E-state index contributed by atoms with van der Waals surface area (Å²) in [5.41, 5.74) is 4.04. The number of alkyl halides is 2. The number of imidazole rings is 1. The summed E-state index contributed by atoms with van der Waals surface area (Å²) >= 11 is 0. The number of rotatable bonds is 3. The van der Waals surface area contributed by atoms with Gasteiger partial charge in [-0.3, -0.25) is 0 Å². The number of benzene rings is 2. The van der Waals surface area contributed by atoms with Crippen molar-refractivity contribution in [3.8, 4) is 11.1 Å². The highest BCUT2D eigenvalue weighted by molar-refractivity contribution is 5.83. The lowest BCUT2D eigenvalue weighted by Gasteiger charge is -2.35. The van der Waals surface area contributed by atoms with E-state index in [0.29, 0.717) is 13.2 Å². The molecular formula is C25H22F3N5O2. The minimum Gasteiger partial charge on any atom is -0.387 e. The predicted molar refractivity (Wildman–Crippen MR) is 123 cm³/mol. The standard InChI is InChI=1S/C25H22F3N5O2/c26-18-3-1-2-16(8-18)21-12-35-13-23-31-19-5-4-15(9-20(19)33(21)23)17-10-29-24(30-11-17)32-7-6-22(34)25(27,28)14-32/h1-5,8-11,21-22,34H,6-7,12-14H2. The van der Waals surface area contributed by atoms with Crippen LogP contribution in [0.1, 0.15) is 23.9 Å². The molecule has 2 unspecified atom stereocenters. The van der Waals surface area contributed by atoms with Crippen LogP contribution in [-0.2, 0) is 11.3 Å². The number of nitrogens with zero attached hydrogens (tertiary/aromatic N) is 5. The van der Waals surface area contributed by atoms with E-state index in [1.54, 1.807) is 18.5 Å². The first-order valence-electron chi connectivity index (χ1n) is 11.4. The van der Waals surface area contributed by atoms with Crippen molar-refractivity contribution in [1.29, 1.82) is 0 Å². The summed E-state index contributed by atoms with van der Waals surface area (Å²) in [6.07, 6.45) is 1.52. The van der Waals surface area contributed by atoms with Crippen LogP contribution in [0, 0.1) is 5.82 Å². The smallest absolute Gasteiger partial charge is 0.290 e. The first-order chi connectivity index (χ1) is 16.9. The maximum absolute atomic E-state index is 13.9. The van der Waals surface area contributed by atoms with Gasteiger partial charge in [-0.05, 0) is 41.8 Å². The Hall–Kier alpha value is -3.50. The summed E-state index contributed by atoms with van der Waals surface area (Å²) in [6, 6.07) is 12.0. The Kier molecular flexibility index (Phi) is 5.23. The Balaban J connectivity index is 1.34. The Labute approximate surface area is 198 Å². The van der Waals surface area contributed by atoms with E-state index >= 15 is 0 Å². The third-order valence-corrected chi connectivity index (χ3v) is 6.63. The maximum Gasteiger partial charge on any atom is 0.290 e. The molecular weight excluding hydrogens is 459 g/mol. The van der Waals surface area contributed by atoms with E-state index in [0.717, 1.165) is 33.5 Å². The molecule has 2 aromatic heterocycles. The number of ether oxygens (including phenoxy) is 1. The van der Waals surface area contributed by atoms with Gasteiger partial charge >= 0.3 is 0 Å². The SMILES string of the molecule is OC1CCN(c2ncc(-c3ccc4nc5n(c4c3)C(c3cccc(F)c3)COC5)cn2)CC1(F)F. The molecule has 0 bridgehead atoms. The van der Waals surface area contributed by atoms with E-state index < -0.39 is 18.6 Å². The molecule has 1 N–H and O–H groups in total. The molecule has 7 nitrogen and oxygen atoms in total. The zero-order chi connectivity index (χ0) is 24.2. The van der Waals surface area contributed by atoms with Gasteiger partial charge in [0.15, 0.2) is 0 Å². The molecule has 6 rings (SSSR count). The first kappa shape index (κ1) is 22.0. The van der Waals surface area contributed by atoms with Crippen molar-refractivity contribution < 1.29 is 23.0 Å². The van der Waals surface area contributed by atoms with Gasteiger partial charge < -0.3 is 19.3 Å².